The molecule has 108 valence electrons. The standard InChI is InChI=1S/C16H12BrF2NO/c1-8-5-10(17)6-9-7-13(21-16(8)9)15(20)14-11(18)3-2-4-12(14)19/h2-7,15H,20H2,1H3. The fourth-order valence-electron chi connectivity index (χ4n) is 2.41. The van der Waals surface area contributed by atoms with Crippen LogP contribution in [0.1, 0.15) is 22.9 Å². The lowest BCUT2D eigenvalue weighted by atomic mass is 10.0. The molecular weight excluding hydrogens is 340 g/mol. The van der Waals surface area contributed by atoms with Crippen LogP contribution in [-0.2, 0) is 0 Å². The van der Waals surface area contributed by atoms with E-state index >= 15 is 0 Å². The normalized spacial score (nSPS) is 12.8. The molecule has 1 atom stereocenters. The lowest BCUT2D eigenvalue weighted by Crippen LogP contribution is -2.14. The van der Waals surface area contributed by atoms with Crippen LogP contribution in [-0.4, -0.2) is 0 Å². The lowest BCUT2D eigenvalue weighted by molar-refractivity contribution is 0.487. The van der Waals surface area contributed by atoms with Gasteiger partial charge in [-0.3, -0.25) is 0 Å². The second-order valence-electron chi connectivity index (χ2n) is 4.90. The second kappa shape index (κ2) is 5.24. The third-order valence-corrected chi connectivity index (χ3v) is 3.86. The third kappa shape index (κ3) is 2.47. The Morgan fingerprint density at radius 1 is 1.14 bits per heavy atom. The maximum Gasteiger partial charge on any atom is 0.137 e. The summed E-state index contributed by atoms with van der Waals surface area (Å²) in [6.45, 7) is 1.90. The van der Waals surface area contributed by atoms with Gasteiger partial charge in [0, 0.05) is 15.4 Å². The largest absolute Gasteiger partial charge is 0.459 e. The first-order chi connectivity index (χ1) is 9.97. The van der Waals surface area contributed by atoms with E-state index in [1.54, 1.807) is 6.07 Å². The molecule has 2 nitrogen and oxygen atoms in total. The van der Waals surface area contributed by atoms with Gasteiger partial charge in [0.2, 0.25) is 0 Å². The van der Waals surface area contributed by atoms with Crippen molar-refractivity contribution in [3.63, 3.8) is 0 Å². The van der Waals surface area contributed by atoms with Crippen molar-refractivity contribution >= 4 is 26.9 Å². The Kier molecular flexibility index (Phi) is 3.55. The van der Waals surface area contributed by atoms with E-state index < -0.39 is 17.7 Å². The number of furan rings is 1. The first kappa shape index (κ1) is 14.2. The van der Waals surface area contributed by atoms with Crippen LogP contribution >= 0.6 is 15.9 Å². The van der Waals surface area contributed by atoms with Crippen LogP contribution in [0.5, 0.6) is 0 Å². The second-order valence-corrected chi connectivity index (χ2v) is 5.82. The van der Waals surface area contributed by atoms with Crippen molar-refractivity contribution in [2.45, 2.75) is 13.0 Å². The third-order valence-electron chi connectivity index (χ3n) is 3.40. The van der Waals surface area contributed by atoms with E-state index in [1.807, 2.05) is 19.1 Å². The maximum absolute atomic E-state index is 13.8. The number of halogens is 3. The highest BCUT2D eigenvalue weighted by Gasteiger charge is 2.22. The van der Waals surface area contributed by atoms with Gasteiger partial charge in [-0.1, -0.05) is 22.0 Å². The molecule has 21 heavy (non-hydrogen) atoms. The summed E-state index contributed by atoms with van der Waals surface area (Å²) in [4.78, 5) is 0. The van der Waals surface area contributed by atoms with Crippen LogP contribution in [0.3, 0.4) is 0 Å². The van der Waals surface area contributed by atoms with E-state index in [0.717, 1.165) is 15.4 Å². The Morgan fingerprint density at radius 3 is 2.48 bits per heavy atom. The number of fused-ring (bicyclic) bond motifs is 1. The van der Waals surface area contributed by atoms with Crippen LogP contribution in [0.2, 0.25) is 0 Å². The first-order valence-corrected chi connectivity index (χ1v) is 7.15. The van der Waals surface area contributed by atoms with Gasteiger partial charge in [-0.2, -0.15) is 0 Å². The molecule has 3 aromatic rings. The smallest absolute Gasteiger partial charge is 0.137 e. The van der Waals surface area contributed by atoms with E-state index in [2.05, 4.69) is 15.9 Å². The molecule has 5 heteroatoms. The van der Waals surface area contributed by atoms with Gasteiger partial charge < -0.3 is 10.2 Å². The van der Waals surface area contributed by atoms with Crippen LogP contribution in [0.15, 0.2) is 45.3 Å². The van der Waals surface area contributed by atoms with E-state index in [4.69, 9.17) is 10.2 Å². The first-order valence-electron chi connectivity index (χ1n) is 6.36. The quantitative estimate of drug-likeness (QED) is 0.718. The van der Waals surface area contributed by atoms with Crippen LogP contribution < -0.4 is 5.73 Å². The zero-order valence-electron chi connectivity index (χ0n) is 11.2. The zero-order valence-corrected chi connectivity index (χ0v) is 12.7. The molecule has 0 bridgehead atoms. The molecule has 0 saturated carbocycles. The van der Waals surface area contributed by atoms with Gasteiger partial charge in [-0.05, 0) is 42.8 Å². The molecule has 0 saturated heterocycles. The van der Waals surface area contributed by atoms with Crippen molar-refractivity contribution in [1.82, 2.24) is 0 Å². The van der Waals surface area contributed by atoms with Crippen LogP contribution in [0, 0.1) is 18.6 Å². The number of rotatable bonds is 2. The van der Waals surface area contributed by atoms with Crippen LogP contribution in [0.25, 0.3) is 11.0 Å². The molecule has 1 unspecified atom stereocenters. The molecule has 0 radical (unpaired) electrons. The summed E-state index contributed by atoms with van der Waals surface area (Å²) >= 11 is 3.40. The summed E-state index contributed by atoms with van der Waals surface area (Å²) < 4.78 is 34.2. The number of nitrogens with two attached hydrogens (primary N) is 1. The molecule has 1 heterocycles. The van der Waals surface area contributed by atoms with E-state index in [1.165, 1.54) is 18.2 Å². The number of hydrogen-bond acceptors (Lipinski definition) is 2. The molecule has 0 aliphatic heterocycles. The molecule has 0 amide bonds. The van der Waals surface area contributed by atoms with Crippen molar-refractivity contribution < 1.29 is 13.2 Å². The highest BCUT2D eigenvalue weighted by atomic mass is 79.9. The van der Waals surface area contributed by atoms with Gasteiger partial charge >= 0.3 is 0 Å². The fourth-order valence-corrected chi connectivity index (χ4v) is 3.00. The van der Waals surface area contributed by atoms with Crippen LogP contribution in [0.4, 0.5) is 8.78 Å². The Morgan fingerprint density at radius 2 is 1.81 bits per heavy atom. The summed E-state index contributed by atoms with van der Waals surface area (Å²) in [6.07, 6.45) is 0. The Balaban J connectivity index is 2.14. The van der Waals surface area contributed by atoms with E-state index in [0.29, 0.717) is 11.3 Å². The average Bonchev–Trinajstić information content (AvgIpc) is 2.82. The summed E-state index contributed by atoms with van der Waals surface area (Å²) in [5.74, 6) is -1.03. The van der Waals surface area contributed by atoms with E-state index in [-0.39, 0.29) is 5.56 Å². The van der Waals surface area contributed by atoms with Gasteiger partial charge in [0.05, 0.1) is 6.04 Å². The minimum atomic E-state index is -0.989. The van der Waals surface area contributed by atoms with Crippen molar-refractivity contribution in [2.24, 2.45) is 5.73 Å². The van der Waals surface area contributed by atoms with Crippen molar-refractivity contribution in [3.8, 4) is 0 Å². The molecule has 2 N–H and O–H groups in total. The zero-order chi connectivity index (χ0) is 15.1. The lowest BCUT2D eigenvalue weighted by Gasteiger charge is -2.11. The summed E-state index contributed by atoms with van der Waals surface area (Å²) in [6, 6.07) is 8.18. The number of hydrogen-bond donors (Lipinski definition) is 1. The fraction of sp³-hybridized carbons (Fsp3) is 0.125. The molecule has 0 fully saturated rings. The van der Waals surface area contributed by atoms with Gasteiger partial charge in [0.1, 0.15) is 23.0 Å². The maximum atomic E-state index is 13.8. The average molecular weight is 352 g/mol. The molecule has 2 aromatic carbocycles. The Hall–Kier alpha value is -1.72. The molecule has 1 aromatic heterocycles. The van der Waals surface area contributed by atoms with Gasteiger partial charge in [-0.25, -0.2) is 8.78 Å². The predicted octanol–water partition coefficient (Wildman–Crippen LogP) is 4.83. The summed E-state index contributed by atoms with van der Waals surface area (Å²) in [5, 5.41) is 0.837. The highest BCUT2D eigenvalue weighted by Crippen LogP contribution is 2.32. The van der Waals surface area contributed by atoms with Gasteiger partial charge in [0.25, 0.3) is 0 Å². The number of aryl methyl sites for hydroxylation is 1. The minimum Gasteiger partial charge on any atom is -0.459 e. The number of benzene rings is 2. The molecule has 3 rings (SSSR count). The monoisotopic (exact) mass is 351 g/mol. The minimum absolute atomic E-state index is 0.187. The van der Waals surface area contributed by atoms with Gasteiger partial charge in [-0.15, -0.1) is 0 Å². The van der Waals surface area contributed by atoms with Crippen molar-refractivity contribution in [1.29, 1.82) is 0 Å². The summed E-state index contributed by atoms with van der Waals surface area (Å²) in [7, 11) is 0. The predicted molar refractivity (Wildman–Crippen MR) is 81.0 cm³/mol. The molecule has 0 spiro atoms. The molecule has 0 aliphatic carbocycles. The van der Waals surface area contributed by atoms with E-state index in [9.17, 15) is 8.78 Å². The molecular formula is C16H12BrF2NO. The Bertz CT molecular complexity index is 808. The molecule has 0 aliphatic rings. The summed E-state index contributed by atoms with van der Waals surface area (Å²) in [5.41, 5.74) is 7.39. The Labute approximate surface area is 128 Å². The van der Waals surface area contributed by atoms with Gasteiger partial charge in [0.15, 0.2) is 0 Å². The SMILES string of the molecule is Cc1cc(Br)cc2cc(C(N)c3c(F)cccc3F)oc12. The van der Waals surface area contributed by atoms with Crippen molar-refractivity contribution in [2.75, 3.05) is 0 Å². The highest BCUT2D eigenvalue weighted by molar-refractivity contribution is 9.10. The topological polar surface area (TPSA) is 39.2 Å². The van der Waals surface area contributed by atoms with Crippen molar-refractivity contribution in [3.05, 3.63) is 69.4 Å².